The van der Waals surface area contributed by atoms with Gasteiger partial charge in [0.1, 0.15) is 11.2 Å². The summed E-state index contributed by atoms with van der Waals surface area (Å²) in [4.78, 5) is 25.6. The van der Waals surface area contributed by atoms with Gasteiger partial charge in [0.2, 0.25) is 0 Å². The Morgan fingerprint density at radius 3 is 1.63 bits per heavy atom. The molecule has 0 saturated carbocycles. The fourth-order valence-electron chi connectivity index (χ4n) is 7.67. The summed E-state index contributed by atoms with van der Waals surface area (Å²) in [6.07, 6.45) is 3.64. The number of nitrogens with zero attached hydrogens (tertiary/aromatic N) is 5. The normalized spacial score (nSPS) is 11.5. The van der Waals surface area contributed by atoms with E-state index in [0.29, 0.717) is 5.82 Å². The molecule has 11 aromatic rings. The van der Waals surface area contributed by atoms with Gasteiger partial charge < -0.3 is 0 Å². The Bertz CT molecular complexity index is 3270. The minimum absolute atomic E-state index is 0.686. The molecular weight excluding hydrogens is 715 g/mol. The van der Waals surface area contributed by atoms with Gasteiger partial charge in [0, 0.05) is 39.4 Å². The van der Waals surface area contributed by atoms with Gasteiger partial charge in [0.15, 0.2) is 5.82 Å². The van der Waals surface area contributed by atoms with Gasteiger partial charge in [-0.15, -0.1) is 11.3 Å². The largest absolute Gasteiger partial charge is 0.245 e. The highest BCUT2D eigenvalue weighted by molar-refractivity contribution is 7.25. The SMILES string of the molecule is c1ccc(-c2ccc(-c3cc(-c4ccc(-c5ncnc6c5sc5ncc(-c7ccc8cc9ccccc9cc8c7)cc56)cc4)nc(-c4ccccc4)n3)cc2)cc1. The van der Waals surface area contributed by atoms with Crippen LogP contribution < -0.4 is 0 Å². The molecule has 0 N–H and O–H groups in total. The van der Waals surface area contributed by atoms with Crippen molar-refractivity contribution in [3.8, 4) is 67.4 Å². The molecule has 0 saturated heterocycles. The smallest absolute Gasteiger partial charge is 0.160 e. The molecule has 0 amide bonds. The van der Waals surface area contributed by atoms with Crippen LogP contribution in [0.15, 0.2) is 188 Å². The van der Waals surface area contributed by atoms with Crippen LogP contribution in [0, 0.1) is 0 Å². The van der Waals surface area contributed by atoms with Gasteiger partial charge in [0.25, 0.3) is 0 Å². The van der Waals surface area contributed by atoms with Gasteiger partial charge in [-0.1, -0.05) is 146 Å². The highest BCUT2D eigenvalue weighted by Crippen LogP contribution is 2.39. The van der Waals surface area contributed by atoms with Crippen molar-refractivity contribution in [2.24, 2.45) is 0 Å². The van der Waals surface area contributed by atoms with E-state index in [-0.39, 0.29) is 0 Å². The highest BCUT2D eigenvalue weighted by atomic mass is 32.1. The average Bonchev–Trinajstić information content (AvgIpc) is 3.67. The first kappa shape index (κ1) is 33.0. The number of rotatable bonds is 6. The van der Waals surface area contributed by atoms with Crippen LogP contribution in [0.4, 0.5) is 0 Å². The molecule has 0 unspecified atom stereocenters. The number of pyridine rings is 1. The van der Waals surface area contributed by atoms with Crippen molar-refractivity contribution >= 4 is 53.3 Å². The van der Waals surface area contributed by atoms with Crippen molar-refractivity contribution in [1.29, 1.82) is 0 Å². The predicted octanol–water partition coefficient (Wildman–Crippen LogP) is 13.3. The average molecular weight is 746 g/mol. The lowest BCUT2D eigenvalue weighted by Crippen LogP contribution is -1.96. The Morgan fingerprint density at radius 1 is 0.368 bits per heavy atom. The third-order valence-corrected chi connectivity index (χ3v) is 11.8. The van der Waals surface area contributed by atoms with Crippen LogP contribution in [0.2, 0.25) is 0 Å². The van der Waals surface area contributed by atoms with Crippen LogP contribution in [0.1, 0.15) is 0 Å². The van der Waals surface area contributed by atoms with Crippen molar-refractivity contribution < 1.29 is 0 Å². The van der Waals surface area contributed by atoms with Crippen LogP contribution >= 0.6 is 11.3 Å². The highest BCUT2D eigenvalue weighted by Gasteiger charge is 2.16. The van der Waals surface area contributed by atoms with Crippen LogP contribution in [-0.4, -0.2) is 24.9 Å². The monoisotopic (exact) mass is 745 g/mol. The quantitative estimate of drug-likeness (QED) is 0.159. The summed E-state index contributed by atoms with van der Waals surface area (Å²) < 4.78 is 1.02. The fourth-order valence-corrected chi connectivity index (χ4v) is 8.76. The molecule has 266 valence electrons. The lowest BCUT2D eigenvalue weighted by atomic mass is 9.99. The van der Waals surface area contributed by atoms with Crippen LogP contribution in [0.3, 0.4) is 0 Å². The van der Waals surface area contributed by atoms with E-state index in [4.69, 9.17) is 24.9 Å². The zero-order valence-electron chi connectivity index (χ0n) is 30.5. The van der Waals surface area contributed by atoms with Crippen molar-refractivity contribution in [2.75, 3.05) is 0 Å². The molecule has 0 bridgehead atoms. The van der Waals surface area contributed by atoms with Gasteiger partial charge in [-0.05, 0) is 68.6 Å². The molecule has 57 heavy (non-hydrogen) atoms. The third-order valence-electron chi connectivity index (χ3n) is 10.6. The van der Waals surface area contributed by atoms with Gasteiger partial charge in [-0.2, -0.15) is 0 Å². The van der Waals surface area contributed by atoms with E-state index in [1.165, 1.54) is 32.7 Å². The maximum Gasteiger partial charge on any atom is 0.160 e. The van der Waals surface area contributed by atoms with Crippen molar-refractivity contribution in [3.05, 3.63) is 188 Å². The molecule has 4 aromatic heterocycles. The van der Waals surface area contributed by atoms with Gasteiger partial charge in [0.05, 0.1) is 27.3 Å². The van der Waals surface area contributed by atoms with E-state index < -0.39 is 0 Å². The summed E-state index contributed by atoms with van der Waals surface area (Å²) in [5.41, 5.74) is 12.1. The maximum absolute atomic E-state index is 5.07. The number of thiophene rings is 1. The lowest BCUT2D eigenvalue weighted by Gasteiger charge is -2.11. The molecule has 0 radical (unpaired) electrons. The molecule has 11 rings (SSSR count). The first-order valence-corrected chi connectivity index (χ1v) is 19.7. The summed E-state index contributed by atoms with van der Waals surface area (Å²) in [6.45, 7) is 0. The Labute approximate surface area is 332 Å². The second-order valence-corrected chi connectivity index (χ2v) is 15.2. The summed E-state index contributed by atoms with van der Waals surface area (Å²) >= 11 is 1.63. The molecular formula is C51H31N5S. The second-order valence-electron chi connectivity index (χ2n) is 14.2. The first-order chi connectivity index (χ1) is 28.2. The van der Waals surface area contributed by atoms with Gasteiger partial charge in [-0.25, -0.2) is 24.9 Å². The molecule has 0 aliphatic rings. The molecule has 0 fully saturated rings. The third kappa shape index (κ3) is 6.09. The topological polar surface area (TPSA) is 64.5 Å². The van der Waals surface area contributed by atoms with Gasteiger partial charge in [-0.3, -0.25) is 0 Å². The van der Waals surface area contributed by atoms with Crippen molar-refractivity contribution in [2.45, 2.75) is 0 Å². The number of aromatic nitrogens is 5. The van der Waals surface area contributed by atoms with Crippen molar-refractivity contribution in [1.82, 2.24) is 24.9 Å². The summed E-state index contributed by atoms with van der Waals surface area (Å²) in [5.74, 6) is 0.686. The molecule has 0 spiro atoms. The van der Waals surface area contributed by atoms with Crippen molar-refractivity contribution in [3.63, 3.8) is 0 Å². The summed E-state index contributed by atoms with van der Waals surface area (Å²) in [7, 11) is 0. The molecule has 0 atom stereocenters. The molecule has 4 heterocycles. The van der Waals surface area contributed by atoms with Crippen LogP contribution in [0.5, 0.6) is 0 Å². The molecule has 0 aliphatic heterocycles. The number of hydrogen-bond donors (Lipinski definition) is 0. The van der Waals surface area contributed by atoms with E-state index in [1.54, 1.807) is 17.7 Å². The second kappa shape index (κ2) is 13.7. The Kier molecular flexibility index (Phi) is 7.93. The molecule has 6 heteroatoms. The Hall–Kier alpha value is -7.41. The molecule has 5 nitrogen and oxygen atoms in total. The predicted molar refractivity (Wildman–Crippen MR) is 236 cm³/mol. The van der Waals surface area contributed by atoms with Crippen LogP contribution in [0.25, 0.3) is 109 Å². The first-order valence-electron chi connectivity index (χ1n) is 18.9. The lowest BCUT2D eigenvalue weighted by molar-refractivity contribution is 1.18. The van der Waals surface area contributed by atoms with E-state index in [2.05, 4.69) is 152 Å². The summed E-state index contributed by atoms with van der Waals surface area (Å²) in [6, 6.07) is 61.6. The number of benzene rings is 7. The zero-order valence-corrected chi connectivity index (χ0v) is 31.4. The maximum atomic E-state index is 5.07. The van der Waals surface area contributed by atoms with Crippen LogP contribution in [-0.2, 0) is 0 Å². The van der Waals surface area contributed by atoms with E-state index in [9.17, 15) is 0 Å². The molecule has 7 aromatic carbocycles. The molecule has 0 aliphatic carbocycles. The van der Waals surface area contributed by atoms with E-state index >= 15 is 0 Å². The summed E-state index contributed by atoms with van der Waals surface area (Å²) in [5, 5.41) is 5.95. The Morgan fingerprint density at radius 2 is 0.930 bits per heavy atom. The minimum atomic E-state index is 0.686. The van der Waals surface area contributed by atoms with Gasteiger partial charge >= 0.3 is 0 Å². The zero-order chi connectivity index (χ0) is 37.7. The van der Waals surface area contributed by atoms with E-state index in [1.807, 2.05) is 30.5 Å². The Balaban J connectivity index is 0.943. The number of fused-ring (bicyclic) bond motifs is 5. The number of hydrogen-bond acceptors (Lipinski definition) is 6. The fraction of sp³-hybridized carbons (Fsp3) is 0. The minimum Gasteiger partial charge on any atom is -0.245 e. The standard InChI is InChI=1S/C51H31N5S/c1-3-9-32(10-4-1)33-15-17-34(18-16-33)45-29-46(56-50(55-45)37-11-5-2-6-12-37)35-19-21-36(22-20-35)47-49-48(54-31-53-47)44-28-43(30-52-51(44)57-49)41-24-23-40-25-38-13-7-8-14-39(38)26-42(40)27-41/h1-31H. The van der Waals surface area contributed by atoms with E-state index in [0.717, 1.165) is 70.9 Å².